The van der Waals surface area contributed by atoms with Crippen molar-refractivity contribution in [2.24, 2.45) is 0 Å². The van der Waals surface area contributed by atoms with Gasteiger partial charge in [0.25, 0.3) is 0 Å². The number of nitrogens with zero attached hydrogens (tertiary/aromatic N) is 6. The first-order valence-electron chi connectivity index (χ1n) is 33.4. The molecule has 0 aliphatic carbocycles. The number of para-hydroxylation sites is 4. The highest BCUT2D eigenvalue weighted by atomic mass is 79.9. The van der Waals surface area contributed by atoms with Crippen LogP contribution in [0.2, 0.25) is 5.28 Å². The molecule has 0 atom stereocenters. The van der Waals surface area contributed by atoms with Crippen molar-refractivity contribution in [3.05, 3.63) is 341 Å². The Bertz CT molecular complexity index is 5350. The summed E-state index contributed by atoms with van der Waals surface area (Å²) in [6.45, 7) is 8.38. The molecule has 1 fully saturated rings. The second-order valence-electron chi connectivity index (χ2n) is 25.6. The summed E-state index contributed by atoms with van der Waals surface area (Å²) in [7, 11) is -0.373. The molecule has 0 N–H and O–H groups in total. The van der Waals surface area contributed by atoms with Gasteiger partial charge in [-0.2, -0.15) is 0 Å². The van der Waals surface area contributed by atoms with E-state index in [9.17, 15) is 0 Å². The van der Waals surface area contributed by atoms with Crippen LogP contribution < -0.4 is 19.8 Å². The number of hydrogen-bond donors (Lipinski definition) is 0. The fourth-order valence-electron chi connectivity index (χ4n) is 12.6. The van der Waals surface area contributed by atoms with Gasteiger partial charge in [-0.3, -0.25) is 14.3 Å². The summed E-state index contributed by atoms with van der Waals surface area (Å²) in [5, 5.41) is 2.69. The van der Waals surface area contributed by atoms with Crippen LogP contribution in [0.25, 0.3) is 83.6 Å². The smallest absolute Gasteiger partial charge is 0.457 e. The Kier molecular flexibility index (Phi) is 22.3. The second kappa shape index (κ2) is 31.8. The van der Waals surface area contributed by atoms with Crippen molar-refractivity contribution in [2.45, 2.75) is 52.7 Å². The summed E-state index contributed by atoms with van der Waals surface area (Å²) >= 11 is 13.0. The van der Waals surface area contributed by atoms with Crippen LogP contribution in [0, 0.1) is 0 Å². The van der Waals surface area contributed by atoms with Crippen LogP contribution in [-0.4, -0.2) is 42.8 Å². The summed E-state index contributed by atoms with van der Waals surface area (Å²) in [5.74, 6) is 4.04. The highest BCUT2D eigenvalue weighted by Gasteiger charge is 2.52. The molecule has 15 aromatic rings. The van der Waals surface area contributed by atoms with Gasteiger partial charge < -0.3 is 23.3 Å². The topological polar surface area (TPSA) is 96.7 Å². The third-order valence-corrected chi connectivity index (χ3v) is 19.6. The highest BCUT2D eigenvalue weighted by molar-refractivity contribution is 9.10. The third kappa shape index (κ3) is 15.5. The van der Waals surface area contributed by atoms with Crippen LogP contribution in [0.15, 0.2) is 324 Å². The number of aromatic nitrogens is 5. The average Bonchev–Trinajstić information content (AvgIpc) is 1.60. The number of anilines is 3. The molecule has 18 rings (SSSR count). The maximum Gasteiger partial charge on any atom is 0.494 e. The molecule has 0 unspecified atom stereocenters. The molecule has 0 amide bonds. The Labute approximate surface area is 626 Å². The predicted molar refractivity (Wildman–Crippen MR) is 430 cm³/mol. The molecule has 3 aliphatic heterocycles. The first kappa shape index (κ1) is 72.9. The van der Waals surface area contributed by atoms with Crippen molar-refractivity contribution in [3.8, 4) is 84.8 Å². The van der Waals surface area contributed by atoms with Gasteiger partial charge in [0.2, 0.25) is 11.2 Å². The Hall–Kier alpha value is -10.9. The molecule has 0 saturated carbocycles. The molecule has 3 aliphatic rings. The van der Waals surface area contributed by atoms with E-state index in [1.54, 1.807) is 0 Å². The zero-order chi connectivity index (χ0) is 69.0. The largest absolute Gasteiger partial charge is 0.494 e. The van der Waals surface area contributed by atoms with E-state index in [-0.39, 0.29) is 40.4 Å². The lowest BCUT2D eigenvalue weighted by Crippen LogP contribution is -2.41. The molecule has 0 radical (unpaired) electrons. The molecule has 12 aromatic carbocycles. The van der Waals surface area contributed by atoms with E-state index >= 15 is 0 Å². The second-order valence-corrected chi connectivity index (χ2v) is 27.8. The Morgan fingerprint density at radius 2 is 0.798 bits per heavy atom. The highest BCUT2D eigenvalue weighted by Crippen LogP contribution is 2.51. The third-order valence-electron chi connectivity index (χ3n) is 18.4. The number of hydrogen-bond acceptors (Lipinski definition) is 9. The molecule has 0 spiro atoms. The van der Waals surface area contributed by atoms with Crippen LogP contribution in [0.3, 0.4) is 0 Å². The van der Waals surface area contributed by atoms with Crippen LogP contribution >= 0.6 is 43.5 Å². The number of halogens is 5. The van der Waals surface area contributed by atoms with E-state index in [2.05, 4.69) is 212 Å². The summed E-state index contributed by atoms with van der Waals surface area (Å²) in [4.78, 5) is 20.7. The summed E-state index contributed by atoms with van der Waals surface area (Å²) in [6, 6.07) is 107. The van der Waals surface area contributed by atoms with Crippen LogP contribution in [0.5, 0.6) is 23.0 Å². The SMILES string of the molecule is Brc1ccc2c(c1)Oc1ccccc1C2.Brc1ccc2c(c1)Oc1ccccc1N2c1nc(-c2ccccc2)cc(-c2ccccc2)n1.C.CC1(C)OB(c2ccc3c(c2)c2ccccc2n3-c2ccc(-c3ccccc3)cc2)OC1(C)C.Clc1nc(-c2ccccc2)cc(-c2ccccc2)n1.F.F. The van der Waals surface area contributed by atoms with Crippen molar-refractivity contribution in [2.75, 3.05) is 4.90 Å². The lowest BCUT2D eigenvalue weighted by molar-refractivity contribution is 0.00578. The predicted octanol–water partition coefficient (Wildman–Crippen LogP) is 24.4. The number of fused-ring (bicyclic) bond motifs is 7. The minimum atomic E-state index is -0.373. The van der Waals surface area contributed by atoms with E-state index in [4.69, 9.17) is 40.4 Å². The van der Waals surface area contributed by atoms with Gasteiger partial charge in [0.1, 0.15) is 11.5 Å². The Balaban J connectivity index is 0.000000135. The average molecular weight is 1520 g/mol. The van der Waals surface area contributed by atoms with Crippen molar-refractivity contribution in [1.82, 2.24) is 24.5 Å². The Morgan fingerprint density at radius 1 is 0.375 bits per heavy atom. The molecule has 16 heteroatoms. The number of ether oxygens (including phenoxy) is 2. The molecule has 0 bridgehead atoms. The first-order valence-corrected chi connectivity index (χ1v) is 35.3. The molecule has 104 heavy (non-hydrogen) atoms. The molecule has 516 valence electrons. The minimum Gasteiger partial charge on any atom is -0.457 e. The van der Waals surface area contributed by atoms with Gasteiger partial charge in [-0.1, -0.05) is 270 Å². The van der Waals surface area contributed by atoms with Crippen molar-refractivity contribution in [3.63, 3.8) is 0 Å². The van der Waals surface area contributed by atoms with Crippen molar-refractivity contribution < 1.29 is 28.2 Å². The minimum absolute atomic E-state index is 0. The van der Waals surface area contributed by atoms with Gasteiger partial charge in [0.05, 0.1) is 56.4 Å². The van der Waals surface area contributed by atoms with Gasteiger partial charge in [-0.05, 0) is 152 Å². The van der Waals surface area contributed by atoms with Crippen LogP contribution in [-0.2, 0) is 15.7 Å². The maximum absolute atomic E-state index is 6.33. The lowest BCUT2D eigenvalue weighted by atomic mass is 9.78. The molecule has 1 saturated heterocycles. The van der Waals surface area contributed by atoms with Crippen LogP contribution in [0.1, 0.15) is 46.2 Å². The zero-order valence-corrected chi connectivity index (χ0v) is 60.5. The first-order chi connectivity index (χ1) is 49.3. The van der Waals surface area contributed by atoms with Gasteiger partial charge in [0.15, 0.2) is 11.5 Å². The quantitative estimate of drug-likeness (QED) is 0.109. The van der Waals surface area contributed by atoms with Crippen molar-refractivity contribution in [1.29, 1.82) is 0 Å². The molecule has 6 heterocycles. The number of benzene rings is 12. The van der Waals surface area contributed by atoms with E-state index in [1.165, 1.54) is 44.1 Å². The summed E-state index contributed by atoms with van der Waals surface area (Å²) in [6.07, 6.45) is 0.957. The molecule has 10 nitrogen and oxygen atoms in total. The van der Waals surface area contributed by atoms with E-state index in [0.29, 0.717) is 5.95 Å². The van der Waals surface area contributed by atoms with Gasteiger partial charge in [0, 0.05) is 54.1 Å². The normalized spacial score (nSPS) is 13.1. The van der Waals surface area contributed by atoms with E-state index in [0.717, 1.165) is 106 Å². The molecular weight excluding hydrogens is 1450 g/mol. The number of rotatable bonds is 8. The zero-order valence-electron chi connectivity index (χ0n) is 56.6. The fraction of sp³-hybridized carbons (Fsp3) is 0.0909. The van der Waals surface area contributed by atoms with Crippen molar-refractivity contribution >= 4 is 95.2 Å². The van der Waals surface area contributed by atoms with Gasteiger partial charge in [-0.25, -0.2) is 19.9 Å². The van der Waals surface area contributed by atoms with Crippen LogP contribution in [0.4, 0.5) is 26.7 Å². The lowest BCUT2D eigenvalue weighted by Gasteiger charge is -2.32. The standard InChI is InChI=1S/C30H28BNO2.C28H18BrN3O.C16H11ClN2.C13H9BrO.CH4.2FH/c1-29(2)30(3,4)34-31(33-29)23-16-19-28-26(20-23)25-12-8-9-13-27(25)32(28)24-17-14-22(15-18-24)21-10-6-5-7-11-21;29-21-15-16-25-27(17-21)33-26-14-8-7-13-24(26)32(25)28-30-22(19-9-3-1-4-10-19)18-23(31-28)20-11-5-2-6-12-20;17-16-18-14(12-7-3-1-4-8-12)11-15(19-16)13-9-5-2-6-10-13;14-11-6-5-10-7-9-3-1-2-4-12(9)15-13(10)8-11;;;/h5-20H,1-4H3;1-18H;1-11H;1-6,8H,7H2;1H4;2*1H. The van der Waals surface area contributed by atoms with E-state index < -0.39 is 0 Å². The molecular formula is C88H72BBr2ClF2N6O4. The fourth-order valence-corrected chi connectivity index (χ4v) is 13.5. The monoisotopic (exact) mass is 1520 g/mol. The molecule has 3 aromatic heterocycles. The maximum atomic E-state index is 6.33. The van der Waals surface area contributed by atoms with Gasteiger partial charge in [-0.15, -0.1) is 0 Å². The van der Waals surface area contributed by atoms with Gasteiger partial charge >= 0.3 is 7.12 Å². The summed E-state index contributed by atoms with van der Waals surface area (Å²) in [5.41, 5.74) is 18.1. The Morgan fingerprint density at radius 3 is 1.37 bits per heavy atom. The van der Waals surface area contributed by atoms with E-state index in [1.807, 2.05) is 182 Å². The summed E-state index contributed by atoms with van der Waals surface area (Å²) < 4.78 is 29.0.